The first-order valence-electron chi connectivity index (χ1n) is 8.38. The zero-order chi connectivity index (χ0) is 19.4. The van der Waals surface area contributed by atoms with Gasteiger partial charge in [0.2, 0.25) is 0 Å². The Morgan fingerprint density at radius 2 is 1.67 bits per heavy atom. The molecule has 0 amide bonds. The molecule has 3 aromatic carbocycles. The largest absolute Gasteiger partial charge is 0.497 e. The van der Waals surface area contributed by atoms with E-state index in [1.807, 2.05) is 31.2 Å². The third-order valence-electron chi connectivity index (χ3n) is 4.17. The van der Waals surface area contributed by atoms with Crippen LogP contribution in [0.1, 0.15) is 11.1 Å². The second-order valence-electron chi connectivity index (χ2n) is 6.16. The first-order valence-corrected chi connectivity index (χ1v) is 9.82. The molecule has 27 heavy (non-hydrogen) atoms. The summed E-state index contributed by atoms with van der Waals surface area (Å²) in [5.74, 6) is -0.0622. The van der Waals surface area contributed by atoms with Crippen LogP contribution in [0.15, 0.2) is 77.7 Å². The Balaban J connectivity index is 2.08. The highest BCUT2D eigenvalue weighted by Gasteiger charge is 2.26. The third-order valence-corrected chi connectivity index (χ3v) is 5.94. The van der Waals surface area contributed by atoms with E-state index in [4.69, 9.17) is 4.74 Å². The lowest BCUT2D eigenvalue weighted by Crippen LogP contribution is -2.30. The van der Waals surface area contributed by atoms with E-state index in [0.29, 0.717) is 5.75 Å². The SMILES string of the molecule is COc1cccc(S(=O)(=O)N(Cc2ccc(C)cc2)c2cccc(F)c2)c1. The molecule has 0 radical (unpaired) electrons. The van der Waals surface area contributed by atoms with Gasteiger partial charge in [0.05, 0.1) is 24.2 Å². The highest BCUT2D eigenvalue weighted by molar-refractivity contribution is 7.92. The molecular formula is C21H20FNO3S. The van der Waals surface area contributed by atoms with Crippen LogP contribution in [0.25, 0.3) is 0 Å². The number of sulfonamides is 1. The number of methoxy groups -OCH3 is 1. The van der Waals surface area contributed by atoms with E-state index < -0.39 is 15.8 Å². The van der Waals surface area contributed by atoms with Crippen molar-refractivity contribution in [3.05, 3.63) is 89.7 Å². The van der Waals surface area contributed by atoms with Crippen molar-refractivity contribution in [2.45, 2.75) is 18.4 Å². The van der Waals surface area contributed by atoms with Gasteiger partial charge in [0, 0.05) is 6.07 Å². The first kappa shape index (κ1) is 18.9. The van der Waals surface area contributed by atoms with Gasteiger partial charge in [0.15, 0.2) is 0 Å². The second-order valence-corrected chi connectivity index (χ2v) is 8.02. The summed E-state index contributed by atoms with van der Waals surface area (Å²) in [7, 11) is -2.45. The Morgan fingerprint density at radius 1 is 0.963 bits per heavy atom. The van der Waals surface area contributed by atoms with Gasteiger partial charge in [0.1, 0.15) is 11.6 Å². The monoisotopic (exact) mass is 385 g/mol. The summed E-state index contributed by atoms with van der Waals surface area (Å²) in [6.45, 7) is 2.05. The van der Waals surface area contributed by atoms with E-state index >= 15 is 0 Å². The van der Waals surface area contributed by atoms with Crippen LogP contribution in [-0.4, -0.2) is 15.5 Å². The van der Waals surface area contributed by atoms with Crippen LogP contribution >= 0.6 is 0 Å². The predicted molar refractivity (Wildman–Crippen MR) is 104 cm³/mol. The Labute approximate surface area is 158 Å². The molecule has 0 fully saturated rings. The molecule has 0 aliphatic rings. The van der Waals surface area contributed by atoms with Gasteiger partial charge in [-0.2, -0.15) is 0 Å². The summed E-state index contributed by atoms with van der Waals surface area (Å²) < 4.78 is 46.8. The van der Waals surface area contributed by atoms with E-state index in [1.54, 1.807) is 18.2 Å². The quantitative estimate of drug-likeness (QED) is 0.626. The lowest BCUT2D eigenvalue weighted by atomic mass is 10.1. The molecule has 3 rings (SSSR count). The molecule has 0 aromatic heterocycles. The molecule has 4 nitrogen and oxygen atoms in total. The van der Waals surface area contributed by atoms with Gasteiger partial charge in [-0.1, -0.05) is 42.0 Å². The summed E-state index contributed by atoms with van der Waals surface area (Å²) in [6, 6.07) is 19.4. The number of benzene rings is 3. The first-order chi connectivity index (χ1) is 12.9. The Hall–Kier alpha value is -2.86. The molecule has 0 heterocycles. The molecule has 0 aliphatic carbocycles. The fraction of sp³-hybridized carbons (Fsp3) is 0.143. The van der Waals surface area contributed by atoms with Crippen molar-refractivity contribution >= 4 is 15.7 Å². The van der Waals surface area contributed by atoms with Crippen LogP contribution in [0.2, 0.25) is 0 Å². The standard InChI is InChI=1S/C21H20FNO3S/c1-16-9-11-17(12-10-16)15-23(19-6-3-5-18(22)13-19)27(24,25)21-8-4-7-20(14-21)26-2/h3-14H,15H2,1-2H3. The number of ether oxygens (including phenoxy) is 1. The van der Waals surface area contributed by atoms with Gasteiger partial charge in [-0.25, -0.2) is 12.8 Å². The van der Waals surface area contributed by atoms with Gasteiger partial charge >= 0.3 is 0 Å². The summed E-state index contributed by atoms with van der Waals surface area (Å²) in [4.78, 5) is 0.0817. The highest BCUT2D eigenvalue weighted by atomic mass is 32.2. The van der Waals surface area contributed by atoms with Crippen LogP contribution in [0, 0.1) is 12.7 Å². The van der Waals surface area contributed by atoms with Crippen molar-refractivity contribution in [2.75, 3.05) is 11.4 Å². The highest BCUT2D eigenvalue weighted by Crippen LogP contribution is 2.28. The lowest BCUT2D eigenvalue weighted by molar-refractivity contribution is 0.413. The number of rotatable bonds is 6. The number of nitrogens with zero attached hydrogens (tertiary/aromatic N) is 1. The maximum absolute atomic E-state index is 13.8. The predicted octanol–water partition coefficient (Wildman–Crippen LogP) is 4.54. The normalized spacial score (nSPS) is 11.2. The lowest BCUT2D eigenvalue weighted by Gasteiger charge is -2.25. The van der Waals surface area contributed by atoms with Crippen LogP contribution in [0.4, 0.5) is 10.1 Å². The second kappa shape index (κ2) is 7.80. The number of aryl methyl sites for hydroxylation is 1. The van der Waals surface area contributed by atoms with Crippen LogP contribution in [0.5, 0.6) is 5.75 Å². The molecule has 0 atom stereocenters. The molecular weight excluding hydrogens is 365 g/mol. The smallest absolute Gasteiger partial charge is 0.264 e. The Kier molecular flexibility index (Phi) is 5.46. The average molecular weight is 385 g/mol. The summed E-state index contributed by atoms with van der Waals surface area (Å²) in [5, 5.41) is 0. The number of hydrogen-bond donors (Lipinski definition) is 0. The van der Waals surface area contributed by atoms with Crippen molar-refractivity contribution < 1.29 is 17.5 Å². The minimum Gasteiger partial charge on any atom is -0.497 e. The van der Waals surface area contributed by atoms with Crippen LogP contribution < -0.4 is 9.04 Å². The Bertz CT molecular complexity index is 1030. The summed E-state index contributed by atoms with van der Waals surface area (Å²) in [5.41, 5.74) is 2.14. The summed E-state index contributed by atoms with van der Waals surface area (Å²) in [6.07, 6.45) is 0. The van der Waals surface area contributed by atoms with Gasteiger partial charge in [-0.15, -0.1) is 0 Å². The molecule has 0 bridgehead atoms. The zero-order valence-electron chi connectivity index (χ0n) is 15.1. The third kappa shape index (κ3) is 4.28. The number of anilines is 1. The van der Waals surface area contributed by atoms with Crippen LogP contribution in [0.3, 0.4) is 0 Å². The fourth-order valence-electron chi connectivity index (χ4n) is 2.69. The molecule has 6 heteroatoms. The molecule has 3 aromatic rings. The van der Waals surface area contributed by atoms with E-state index in [9.17, 15) is 12.8 Å². The molecule has 0 aliphatic heterocycles. The number of halogens is 1. The maximum atomic E-state index is 13.8. The molecule has 0 N–H and O–H groups in total. The molecule has 140 valence electrons. The summed E-state index contributed by atoms with van der Waals surface area (Å²) >= 11 is 0. The van der Waals surface area contributed by atoms with Crippen molar-refractivity contribution in [3.8, 4) is 5.75 Å². The minimum absolute atomic E-state index is 0.0817. The molecule has 0 spiro atoms. The van der Waals surface area contributed by atoms with Gasteiger partial charge in [-0.3, -0.25) is 4.31 Å². The van der Waals surface area contributed by atoms with E-state index in [0.717, 1.165) is 11.1 Å². The van der Waals surface area contributed by atoms with Crippen molar-refractivity contribution in [3.63, 3.8) is 0 Å². The van der Waals surface area contributed by atoms with Gasteiger partial charge < -0.3 is 4.74 Å². The fourth-order valence-corrected chi connectivity index (χ4v) is 4.17. The van der Waals surface area contributed by atoms with Gasteiger partial charge in [0.25, 0.3) is 10.0 Å². The minimum atomic E-state index is -3.93. The van der Waals surface area contributed by atoms with Crippen molar-refractivity contribution in [2.24, 2.45) is 0 Å². The molecule has 0 saturated carbocycles. The topological polar surface area (TPSA) is 46.6 Å². The Morgan fingerprint density at radius 3 is 2.33 bits per heavy atom. The van der Waals surface area contributed by atoms with Crippen molar-refractivity contribution in [1.82, 2.24) is 0 Å². The zero-order valence-corrected chi connectivity index (χ0v) is 15.9. The number of hydrogen-bond acceptors (Lipinski definition) is 3. The van der Waals surface area contributed by atoms with Crippen LogP contribution in [-0.2, 0) is 16.6 Å². The van der Waals surface area contributed by atoms with Crippen molar-refractivity contribution in [1.29, 1.82) is 0 Å². The molecule has 0 saturated heterocycles. The maximum Gasteiger partial charge on any atom is 0.264 e. The molecule has 0 unspecified atom stereocenters. The van der Waals surface area contributed by atoms with E-state index in [1.165, 1.54) is 41.7 Å². The average Bonchev–Trinajstić information content (AvgIpc) is 2.67. The van der Waals surface area contributed by atoms with Gasteiger partial charge in [-0.05, 0) is 42.8 Å². The van der Waals surface area contributed by atoms with E-state index in [-0.39, 0.29) is 17.1 Å². The van der Waals surface area contributed by atoms with E-state index in [2.05, 4.69) is 0 Å².